The van der Waals surface area contributed by atoms with E-state index in [0.29, 0.717) is 5.11 Å². The molecule has 0 aliphatic heterocycles. The molecule has 0 radical (unpaired) electrons. The van der Waals surface area contributed by atoms with E-state index >= 15 is 0 Å². The molecule has 1 aromatic carbocycles. The Hall–Kier alpha value is -1.88. The zero-order chi connectivity index (χ0) is 15.4. The van der Waals surface area contributed by atoms with Crippen LogP contribution in [-0.2, 0) is 13.1 Å². The summed E-state index contributed by atoms with van der Waals surface area (Å²) in [6.07, 6.45) is 2.08. The van der Waals surface area contributed by atoms with Crippen molar-refractivity contribution in [3.8, 4) is 0 Å². The lowest BCUT2D eigenvalue weighted by Gasteiger charge is -2.20. The summed E-state index contributed by atoms with van der Waals surface area (Å²) in [5.41, 5.74) is 4.51. The average molecular weight is 302 g/mol. The van der Waals surface area contributed by atoms with Gasteiger partial charge in [-0.25, -0.2) is 0 Å². The van der Waals surface area contributed by atoms with E-state index in [2.05, 4.69) is 42.6 Å². The highest BCUT2D eigenvalue weighted by Crippen LogP contribution is 2.12. The molecule has 4 nitrogen and oxygen atoms in total. The van der Waals surface area contributed by atoms with Crippen molar-refractivity contribution in [1.82, 2.24) is 14.7 Å². The van der Waals surface area contributed by atoms with Crippen molar-refractivity contribution in [3.63, 3.8) is 0 Å². The fourth-order valence-corrected chi connectivity index (χ4v) is 2.24. The third kappa shape index (κ3) is 4.04. The standard InChI is InChI=1S/C16H22N4S/c1-5-20-11-14(13(3)18-20)10-19(4)16(21)17-15-8-6-12(2)7-9-15/h6-9,11H,5,10H2,1-4H3,(H,17,21). The van der Waals surface area contributed by atoms with Gasteiger partial charge in [0.05, 0.1) is 5.69 Å². The quantitative estimate of drug-likeness (QED) is 0.878. The normalized spacial score (nSPS) is 10.5. The van der Waals surface area contributed by atoms with Crippen LogP contribution in [0.4, 0.5) is 5.69 Å². The molecule has 0 saturated heterocycles. The van der Waals surface area contributed by atoms with Crippen molar-refractivity contribution < 1.29 is 0 Å². The highest BCUT2D eigenvalue weighted by Gasteiger charge is 2.10. The van der Waals surface area contributed by atoms with Crippen molar-refractivity contribution in [3.05, 3.63) is 47.3 Å². The summed E-state index contributed by atoms with van der Waals surface area (Å²) in [7, 11) is 1.99. The molecule has 2 rings (SSSR count). The minimum atomic E-state index is 0.711. The number of anilines is 1. The van der Waals surface area contributed by atoms with Crippen LogP contribution in [-0.4, -0.2) is 26.8 Å². The van der Waals surface area contributed by atoms with Gasteiger partial charge in [-0.05, 0) is 45.1 Å². The average Bonchev–Trinajstić information content (AvgIpc) is 2.82. The summed E-state index contributed by atoms with van der Waals surface area (Å²) in [6, 6.07) is 8.21. The van der Waals surface area contributed by atoms with Gasteiger partial charge in [0.25, 0.3) is 0 Å². The van der Waals surface area contributed by atoms with Gasteiger partial charge < -0.3 is 10.2 Å². The van der Waals surface area contributed by atoms with Crippen LogP contribution >= 0.6 is 12.2 Å². The van der Waals surface area contributed by atoms with Gasteiger partial charge in [0.2, 0.25) is 0 Å². The Kier molecular flexibility index (Phi) is 4.96. The molecule has 0 bridgehead atoms. The summed E-state index contributed by atoms with van der Waals surface area (Å²) >= 11 is 5.46. The first-order valence-electron chi connectivity index (χ1n) is 7.11. The molecule has 0 aliphatic carbocycles. The smallest absolute Gasteiger partial charge is 0.173 e. The summed E-state index contributed by atoms with van der Waals surface area (Å²) < 4.78 is 1.95. The van der Waals surface area contributed by atoms with E-state index in [1.54, 1.807) is 0 Å². The van der Waals surface area contributed by atoms with E-state index in [1.807, 2.05) is 35.7 Å². The molecule has 1 heterocycles. The molecule has 112 valence electrons. The zero-order valence-corrected chi connectivity index (χ0v) is 13.9. The summed E-state index contributed by atoms with van der Waals surface area (Å²) in [4.78, 5) is 2.03. The van der Waals surface area contributed by atoms with E-state index in [4.69, 9.17) is 12.2 Å². The van der Waals surface area contributed by atoms with Crippen LogP contribution in [0.25, 0.3) is 0 Å². The maximum atomic E-state index is 5.46. The lowest BCUT2D eigenvalue weighted by atomic mass is 10.2. The first kappa shape index (κ1) is 15.5. The minimum absolute atomic E-state index is 0.711. The zero-order valence-electron chi connectivity index (χ0n) is 13.1. The number of benzene rings is 1. The maximum Gasteiger partial charge on any atom is 0.173 e. The number of aryl methyl sites for hydroxylation is 3. The molecule has 0 fully saturated rings. The van der Waals surface area contributed by atoms with E-state index in [1.165, 1.54) is 11.1 Å². The van der Waals surface area contributed by atoms with E-state index < -0.39 is 0 Å². The third-order valence-corrected chi connectivity index (χ3v) is 3.84. The Bertz CT molecular complexity index is 616. The number of hydrogen-bond acceptors (Lipinski definition) is 2. The molecule has 0 aliphatic rings. The molecule has 0 unspecified atom stereocenters. The highest BCUT2D eigenvalue weighted by molar-refractivity contribution is 7.80. The Balaban J connectivity index is 1.98. The Morgan fingerprint density at radius 3 is 2.52 bits per heavy atom. The number of nitrogens with zero attached hydrogens (tertiary/aromatic N) is 3. The first-order chi connectivity index (χ1) is 9.99. The minimum Gasteiger partial charge on any atom is -0.348 e. The van der Waals surface area contributed by atoms with Crippen LogP contribution in [0, 0.1) is 13.8 Å². The highest BCUT2D eigenvalue weighted by atomic mass is 32.1. The fraction of sp³-hybridized carbons (Fsp3) is 0.375. The van der Waals surface area contributed by atoms with Gasteiger partial charge in [-0.1, -0.05) is 17.7 Å². The monoisotopic (exact) mass is 302 g/mol. The molecule has 21 heavy (non-hydrogen) atoms. The second-order valence-corrected chi connectivity index (χ2v) is 5.63. The van der Waals surface area contributed by atoms with Crippen LogP contribution < -0.4 is 5.32 Å². The van der Waals surface area contributed by atoms with Crippen LogP contribution in [0.3, 0.4) is 0 Å². The molecule has 1 N–H and O–H groups in total. The molecule has 0 spiro atoms. The Morgan fingerprint density at radius 2 is 1.95 bits per heavy atom. The third-order valence-electron chi connectivity index (χ3n) is 3.43. The van der Waals surface area contributed by atoms with Gasteiger partial charge in [0, 0.05) is 37.6 Å². The van der Waals surface area contributed by atoms with Crippen LogP contribution in [0.15, 0.2) is 30.5 Å². The summed E-state index contributed by atoms with van der Waals surface area (Å²) in [6.45, 7) is 7.83. The van der Waals surface area contributed by atoms with Gasteiger partial charge in [-0.2, -0.15) is 5.10 Å². The predicted octanol–water partition coefficient (Wildman–Crippen LogP) is 3.35. The molecule has 0 amide bonds. The maximum absolute atomic E-state index is 5.46. The Labute approximate surface area is 131 Å². The number of rotatable bonds is 4. The largest absolute Gasteiger partial charge is 0.348 e. The van der Waals surface area contributed by atoms with Crippen molar-refractivity contribution >= 4 is 23.0 Å². The second kappa shape index (κ2) is 6.72. The first-order valence-corrected chi connectivity index (χ1v) is 7.52. The number of thiocarbonyl (C=S) groups is 1. The van der Waals surface area contributed by atoms with Gasteiger partial charge in [-0.15, -0.1) is 0 Å². The summed E-state index contributed by atoms with van der Waals surface area (Å²) in [5, 5.41) is 8.43. The lowest BCUT2D eigenvalue weighted by molar-refractivity contribution is 0.506. The van der Waals surface area contributed by atoms with E-state index in [0.717, 1.165) is 24.5 Å². The van der Waals surface area contributed by atoms with Gasteiger partial charge in [0.1, 0.15) is 0 Å². The molecule has 0 saturated carbocycles. The number of aromatic nitrogens is 2. The van der Waals surface area contributed by atoms with Crippen LogP contribution in [0.1, 0.15) is 23.7 Å². The van der Waals surface area contributed by atoms with Crippen molar-refractivity contribution in [2.75, 3.05) is 12.4 Å². The predicted molar refractivity (Wildman–Crippen MR) is 91.5 cm³/mol. The fourth-order valence-electron chi connectivity index (χ4n) is 2.06. The number of hydrogen-bond donors (Lipinski definition) is 1. The molecule has 5 heteroatoms. The molecule has 2 aromatic rings. The second-order valence-electron chi connectivity index (χ2n) is 5.25. The van der Waals surface area contributed by atoms with Gasteiger partial charge in [-0.3, -0.25) is 4.68 Å². The van der Waals surface area contributed by atoms with Crippen molar-refractivity contribution in [2.45, 2.75) is 33.9 Å². The molecular formula is C16H22N4S. The van der Waals surface area contributed by atoms with Crippen LogP contribution in [0.5, 0.6) is 0 Å². The molecule has 0 atom stereocenters. The van der Waals surface area contributed by atoms with Crippen LogP contribution in [0.2, 0.25) is 0 Å². The SMILES string of the molecule is CCn1cc(CN(C)C(=S)Nc2ccc(C)cc2)c(C)n1. The molecule has 1 aromatic heterocycles. The lowest BCUT2D eigenvalue weighted by Crippen LogP contribution is -2.30. The van der Waals surface area contributed by atoms with Crippen molar-refractivity contribution in [1.29, 1.82) is 0 Å². The van der Waals surface area contributed by atoms with E-state index in [9.17, 15) is 0 Å². The van der Waals surface area contributed by atoms with E-state index in [-0.39, 0.29) is 0 Å². The number of nitrogens with one attached hydrogen (secondary N) is 1. The topological polar surface area (TPSA) is 33.1 Å². The van der Waals surface area contributed by atoms with Gasteiger partial charge in [0.15, 0.2) is 5.11 Å². The molecular weight excluding hydrogens is 280 g/mol. The van der Waals surface area contributed by atoms with Crippen molar-refractivity contribution in [2.24, 2.45) is 0 Å². The Morgan fingerprint density at radius 1 is 1.29 bits per heavy atom. The van der Waals surface area contributed by atoms with Gasteiger partial charge >= 0.3 is 0 Å². The summed E-state index contributed by atoms with van der Waals surface area (Å²) in [5.74, 6) is 0.